The lowest BCUT2D eigenvalue weighted by Gasteiger charge is -2.61. The number of Topliss-reactive ketones (excluding diaryl/α,β-unsaturated/α-hetero) is 1. The second-order valence-corrected chi connectivity index (χ2v) is 18.6. The van der Waals surface area contributed by atoms with Gasteiger partial charge in [-0.1, -0.05) is 32.0 Å². The normalized spacial score (nSPS) is 49.4. The van der Waals surface area contributed by atoms with Crippen LogP contribution >= 0.6 is 0 Å². The average Bonchev–Trinajstić information content (AvgIpc) is 3.73. The van der Waals surface area contributed by atoms with Crippen molar-refractivity contribution < 1.29 is 67.2 Å². The molecule has 1 aromatic carbocycles. The van der Waals surface area contributed by atoms with Crippen LogP contribution < -0.4 is 0 Å². The van der Waals surface area contributed by atoms with Crippen molar-refractivity contribution in [1.29, 1.82) is 0 Å². The fourth-order valence-electron chi connectivity index (χ4n) is 13.1. The molecule has 3 aliphatic heterocycles. The first-order valence-electron chi connectivity index (χ1n) is 21.2. The first kappa shape index (κ1) is 42.2. The number of hydrogen-bond donors (Lipinski definition) is 2. The number of carbonyl (C=O) groups is 3. The van der Waals surface area contributed by atoms with Gasteiger partial charge in [-0.2, -0.15) is 0 Å². The van der Waals surface area contributed by atoms with Crippen LogP contribution in [0.2, 0.25) is 0 Å². The minimum absolute atomic E-state index is 0.0188. The van der Waals surface area contributed by atoms with E-state index in [0.29, 0.717) is 31.2 Å². The second-order valence-electron chi connectivity index (χ2n) is 18.6. The summed E-state index contributed by atoms with van der Waals surface area (Å²) in [6.45, 7) is 10.9. The van der Waals surface area contributed by atoms with Crippen LogP contribution in [-0.4, -0.2) is 127 Å². The Labute approximate surface area is 340 Å². The minimum Gasteiger partial charge on any atom is -0.458 e. The van der Waals surface area contributed by atoms with E-state index in [9.17, 15) is 24.6 Å². The number of esters is 2. The van der Waals surface area contributed by atoms with Crippen molar-refractivity contribution in [3.8, 4) is 0 Å². The van der Waals surface area contributed by atoms with Crippen LogP contribution in [0.4, 0.5) is 0 Å². The first-order valence-corrected chi connectivity index (χ1v) is 21.2. The van der Waals surface area contributed by atoms with E-state index < -0.39 is 102 Å². The molecule has 322 valence electrons. The van der Waals surface area contributed by atoms with Gasteiger partial charge < -0.3 is 52.8 Å². The molecule has 0 aromatic heterocycles. The van der Waals surface area contributed by atoms with Crippen molar-refractivity contribution in [2.45, 2.75) is 178 Å². The Hall–Kier alpha value is -2.53. The maximum Gasteiger partial charge on any atom is 0.338 e. The number of fused-ring (bicyclic) bond motifs is 2. The molecule has 2 spiro atoms. The van der Waals surface area contributed by atoms with E-state index in [2.05, 4.69) is 6.92 Å². The number of aliphatic hydroxyl groups excluding tert-OH is 2. The van der Waals surface area contributed by atoms with Gasteiger partial charge in [-0.05, 0) is 89.2 Å². The number of ketones is 1. The molecule has 7 aliphatic rings. The molecule has 0 amide bonds. The molecule has 1 aromatic rings. The van der Waals surface area contributed by atoms with Crippen molar-refractivity contribution in [1.82, 2.24) is 0 Å². The number of aliphatic hydroxyl groups is 2. The molecular formula is C44H62O14. The third kappa shape index (κ3) is 6.42. The van der Waals surface area contributed by atoms with Crippen LogP contribution in [-0.2, 0) is 52.2 Å². The van der Waals surface area contributed by atoms with Gasteiger partial charge in [0.05, 0.1) is 30.0 Å². The highest BCUT2D eigenvalue weighted by atomic mass is 16.7. The Kier molecular flexibility index (Phi) is 11.2. The highest BCUT2D eigenvalue weighted by Crippen LogP contribution is 2.81. The number of methoxy groups -OCH3 is 2. The summed E-state index contributed by atoms with van der Waals surface area (Å²) >= 11 is 0. The van der Waals surface area contributed by atoms with Gasteiger partial charge in [0.1, 0.15) is 53.6 Å². The zero-order valence-electron chi connectivity index (χ0n) is 35.0. The monoisotopic (exact) mass is 814 g/mol. The van der Waals surface area contributed by atoms with Crippen LogP contribution in [0.3, 0.4) is 0 Å². The molecule has 14 heteroatoms. The molecule has 2 N–H and O–H groups in total. The Morgan fingerprint density at radius 3 is 2.21 bits per heavy atom. The molecule has 19 atom stereocenters. The van der Waals surface area contributed by atoms with E-state index in [1.807, 2.05) is 19.9 Å². The lowest BCUT2D eigenvalue weighted by molar-refractivity contribution is -0.343. The van der Waals surface area contributed by atoms with E-state index in [0.717, 1.165) is 25.7 Å². The van der Waals surface area contributed by atoms with E-state index >= 15 is 0 Å². The molecule has 8 rings (SSSR count). The fraction of sp³-hybridized carbons (Fsp3) is 0.795. The summed E-state index contributed by atoms with van der Waals surface area (Å²) in [6, 6.07) is 8.80. The van der Waals surface area contributed by atoms with Crippen molar-refractivity contribution in [3.63, 3.8) is 0 Å². The van der Waals surface area contributed by atoms with E-state index in [-0.39, 0.29) is 29.1 Å². The number of rotatable bonds is 10. The summed E-state index contributed by atoms with van der Waals surface area (Å²) in [4.78, 5) is 40.4. The van der Waals surface area contributed by atoms with Gasteiger partial charge in [0.2, 0.25) is 0 Å². The van der Waals surface area contributed by atoms with Crippen molar-refractivity contribution in [3.05, 3.63) is 35.9 Å². The van der Waals surface area contributed by atoms with Crippen LogP contribution in [0.25, 0.3) is 0 Å². The number of benzene rings is 1. The van der Waals surface area contributed by atoms with Crippen molar-refractivity contribution in [2.75, 3.05) is 14.2 Å². The standard InChI is InChI=1S/C44H62O14/c1-22(45)29-16-19-44-42(29,6)38(57-39(49)26-12-10-9-11-13-26)36(54-25(4)46)37-41(5)17-15-28(20-27(41)14-18-43(37,44)58-44)55-31-21-30(50-7)34(24(3)52-31)56-40-33(48)35(51-8)32(47)23(2)53-40/h9-13,23-24,27-38,40,47-48H,14-21H2,1-8H3/t23-,24-,27+,28+,29+,30-,31+,32-,33-,34-,35-,36+,37-,38-,40+,41+,42+,43+,44-/m1/s1. The SMILES string of the molecule is CO[C@H]1[C@@H](O)[C@H](O[C@@H]2[C@@H](C)O[C@@H](O[C@H]3CC[C@@]4(C)[C@@H](CC[C@@]56O[C@@]57CC[C@@H](C(C)=O)[C@@]7(C)[C@H](OC(=O)c5ccccc5)[C@@H](OC(C)=O)[C@H]46)C3)C[C@H]2OC)O[C@H](C)[C@H]1O. The zero-order chi connectivity index (χ0) is 41.5. The molecule has 4 aliphatic carbocycles. The largest absolute Gasteiger partial charge is 0.458 e. The van der Waals surface area contributed by atoms with Gasteiger partial charge in [-0.3, -0.25) is 9.59 Å². The maximum absolute atomic E-state index is 13.9. The molecule has 0 unspecified atom stereocenters. The summed E-state index contributed by atoms with van der Waals surface area (Å²) in [5.41, 5.74) is -2.20. The highest BCUT2D eigenvalue weighted by molar-refractivity contribution is 5.89. The quantitative estimate of drug-likeness (QED) is 0.194. The maximum atomic E-state index is 13.9. The Balaban J connectivity index is 1.01. The summed E-state index contributed by atoms with van der Waals surface area (Å²) in [6.07, 6.45) is -3.19. The van der Waals surface area contributed by atoms with Crippen molar-refractivity contribution in [2.24, 2.45) is 28.6 Å². The molecule has 4 saturated carbocycles. The Morgan fingerprint density at radius 2 is 1.53 bits per heavy atom. The summed E-state index contributed by atoms with van der Waals surface area (Å²) in [5, 5.41) is 21.4. The van der Waals surface area contributed by atoms with Gasteiger partial charge >= 0.3 is 11.9 Å². The van der Waals surface area contributed by atoms with E-state index in [1.165, 1.54) is 14.0 Å². The van der Waals surface area contributed by atoms with E-state index in [1.54, 1.807) is 45.2 Å². The minimum atomic E-state index is -1.22. The van der Waals surface area contributed by atoms with Crippen LogP contribution in [0.5, 0.6) is 0 Å². The fourth-order valence-corrected chi connectivity index (χ4v) is 13.1. The van der Waals surface area contributed by atoms with Crippen molar-refractivity contribution >= 4 is 17.7 Å². The van der Waals surface area contributed by atoms with Gasteiger partial charge in [-0.25, -0.2) is 4.79 Å². The average molecular weight is 815 g/mol. The summed E-state index contributed by atoms with van der Waals surface area (Å²) in [7, 11) is 3.04. The molecular weight excluding hydrogens is 752 g/mol. The first-order chi connectivity index (χ1) is 27.5. The molecule has 3 saturated heterocycles. The topological polar surface area (TPSA) is 178 Å². The third-order valence-corrected chi connectivity index (χ3v) is 15.8. The number of hydrogen-bond acceptors (Lipinski definition) is 14. The Bertz CT molecular complexity index is 1710. The smallest absolute Gasteiger partial charge is 0.338 e. The predicted octanol–water partition coefficient (Wildman–Crippen LogP) is 4.29. The number of ether oxygens (including phenoxy) is 9. The third-order valence-electron chi connectivity index (χ3n) is 15.8. The van der Waals surface area contributed by atoms with Gasteiger partial charge in [-0.15, -0.1) is 0 Å². The van der Waals surface area contributed by atoms with Gasteiger partial charge in [0, 0.05) is 44.8 Å². The summed E-state index contributed by atoms with van der Waals surface area (Å²) < 4.78 is 56.6. The number of carbonyl (C=O) groups excluding carboxylic acids is 3. The number of epoxide rings is 1. The molecule has 0 bridgehead atoms. The zero-order valence-corrected chi connectivity index (χ0v) is 35.0. The lowest BCUT2D eigenvalue weighted by Crippen LogP contribution is -2.70. The second kappa shape index (κ2) is 15.4. The highest BCUT2D eigenvalue weighted by Gasteiger charge is 2.91. The van der Waals surface area contributed by atoms with Crippen LogP contribution in [0, 0.1) is 28.6 Å². The molecule has 0 radical (unpaired) electrons. The predicted molar refractivity (Wildman–Crippen MR) is 204 cm³/mol. The molecule has 58 heavy (non-hydrogen) atoms. The molecule has 7 fully saturated rings. The van der Waals surface area contributed by atoms with Crippen LogP contribution in [0.15, 0.2) is 30.3 Å². The summed E-state index contributed by atoms with van der Waals surface area (Å²) in [5.74, 6) is -1.50. The van der Waals surface area contributed by atoms with Crippen LogP contribution in [0.1, 0.15) is 103 Å². The van der Waals surface area contributed by atoms with Gasteiger partial charge in [0.25, 0.3) is 0 Å². The molecule has 14 nitrogen and oxygen atoms in total. The molecule has 3 heterocycles. The van der Waals surface area contributed by atoms with Gasteiger partial charge in [0.15, 0.2) is 12.6 Å². The lowest BCUT2D eigenvalue weighted by atomic mass is 9.43. The Morgan fingerprint density at radius 1 is 0.793 bits per heavy atom. The van der Waals surface area contributed by atoms with E-state index in [4.69, 9.17) is 42.6 Å².